The smallest absolute Gasteiger partial charge is 0.278 e. The van der Waals surface area contributed by atoms with E-state index in [0.29, 0.717) is 22.7 Å². The van der Waals surface area contributed by atoms with Crippen molar-refractivity contribution in [1.29, 1.82) is 0 Å². The lowest BCUT2D eigenvalue weighted by atomic mass is 10.0. The molecule has 2 aromatic carbocycles. The van der Waals surface area contributed by atoms with Crippen LogP contribution in [0.25, 0.3) is 5.57 Å². The Labute approximate surface area is 181 Å². The Bertz CT molecular complexity index is 1040. The van der Waals surface area contributed by atoms with Crippen molar-refractivity contribution >= 4 is 34.7 Å². The number of imide groups is 1. The first-order valence-corrected chi connectivity index (χ1v) is 9.93. The number of hydrogen-bond acceptors (Lipinski definition) is 5. The third kappa shape index (κ3) is 5.01. The molecule has 0 atom stereocenters. The van der Waals surface area contributed by atoms with E-state index in [1.54, 1.807) is 48.5 Å². The maximum Gasteiger partial charge on any atom is 0.278 e. The summed E-state index contributed by atoms with van der Waals surface area (Å²) in [6.45, 7) is 9.04. The summed E-state index contributed by atoms with van der Waals surface area (Å²) >= 11 is 0. The van der Waals surface area contributed by atoms with Crippen molar-refractivity contribution < 1.29 is 19.1 Å². The van der Waals surface area contributed by atoms with Crippen molar-refractivity contribution in [3.05, 3.63) is 72.4 Å². The second kappa shape index (κ2) is 9.30. The first kappa shape index (κ1) is 21.8. The maximum absolute atomic E-state index is 13.0. The van der Waals surface area contributed by atoms with E-state index in [2.05, 4.69) is 17.2 Å². The molecule has 31 heavy (non-hydrogen) atoms. The Balaban J connectivity index is 1.95. The molecule has 0 saturated heterocycles. The van der Waals surface area contributed by atoms with E-state index < -0.39 is 11.8 Å². The molecule has 1 aliphatic heterocycles. The number of nitrogens with zero attached hydrogens (tertiary/aromatic N) is 1. The van der Waals surface area contributed by atoms with E-state index in [4.69, 9.17) is 4.74 Å². The highest BCUT2D eigenvalue weighted by atomic mass is 16.5. The van der Waals surface area contributed by atoms with Crippen LogP contribution in [-0.2, 0) is 14.4 Å². The fourth-order valence-corrected chi connectivity index (χ4v) is 3.21. The number of carbonyl (C=O) groups is 3. The molecular formula is C24H25N3O4. The molecule has 1 aliphatic rings. The minimum absolute atomic E-state index is 0.0510. The zero-order valence-corrected chi connectivity index (χ0v) is 17.8. The van der Waals surface area contributed by atoms with Crippen LogP contribution in [0.15, 0.2) is 66.9 Å². The van der Waals surface area contributed by atoms with Gasteiger partial charge in [-0.05, 0) is 55.8 Å². The van der Waals surface area contributed by atoms with Crippen molar-refractivity contribution in [2.24, 2.45) is 0 Å². The van der Waals surface area contributed by atoms with E-state index in [0.717, 1.165) is 4.90 Å². The normalized spacial score (nSPS) is 13.6. The van der Waals surface area contributed by atoms with Crippen molar-refractivity contribution in [2.75, 3.05) is 17.2 Å². The fraction of sp³-hybridized carbons (Fsp3) is 0.208. The van der Waals surface area contributed by atoms with Gasteiger partial charge in [0.15, 0.2) is 0 Å². The number of amides is 3. The standard InChI is InChI=1S/C24H25N3O4/c1-5-14-27-23(29)21(17-6-8-18(9-7-17)25-16(4)28)22(24(27)30)26-19-10-12-20(13-11-19)31-15(2)3/h5-13,15,26H,1,14H2,2-4H3,(H,25,28). The molecule has 0 aliphatic carbocycles. The number of benzene rings is 2. The lowest BCUT2D eigenvalue weighted by Gasteiger charge is -2.13. The maximum atomic E-state index is 13.0. The molecule has 2 N–H and O–H groups in total. The molecule has 0 bridgehead atoms. The first-order chi connectivity index (χ1) is 14.8. The second-order valence-electron chi connectivity index (χ2n) is 7.33. The van der Waals surface area contributed by atoms with E-state index in [1.165, 1.54) is 13.0 Å². The van der Waals surface area contributed by atoms with Crippen molar-refractivity contribution in [3.63, 3.8) is 0 Å². The van der Waals surface area contributed by atoms with Crippen LogP contribution in [-0.4, -0.2) is 35.3 Å². The number of hydrogen-bond donors (Lipinski definition) is 2. The average molecular weight is 419 g/mol. The topological polar surface area (TPSA) is 87.7 Å². The summed E-state index contributed by atoms with van der Waals surface area (Å²) in [5.74, 6) is -0.304. The molecule has 7 heteroatoms. The van der Waals surface area contributed by atoms with Gasteiger partial charge in [0.25, 0.3) is 11.8 Å². The fourth-order valence-electron chi connectivity index (χ4n) is 3.21. The van der Waals surface area contributed by atoms with Crippen LogP contribution in [0.1, 0.15) is 26.3 Å². The monoisotopic (exact) mass is 419 g/mol. The molecule has 7 nitrogen and oxygen atoms in total. The zero-order chi connectivity index (χ0) is 22.5. The molecule has 3 amide bonds. The summed E-state index contributed by atoms with van der Waals surface area (Å²) in [6, 6.07) is 13.9. The van der Waals surface area contributed by atoms with Gasteiger partial charge in [0, 0.05) is 24.8 Å². The largest absolute Gasteiger partial charge is 0.491 e. The van der Waals surface area contributed by atoms with Gasteiger partial charge in [0.05, 0.1) is 11.7 Å². The summed E-state index contributed by atoms with van der Waals surface area (Å²) < 4.78 is 5.65. The van der Waals surface area contributed by atoms with Crippen LogP contribution >= 0.6 is 0 Å². The molecular weight excluding hydrogens is 394 g/mol. The van der Waals surface area contributed by atoms with E-state index in [-0.39, 0.29) is 29.8 Å². The van der Waals surface area contributed by atoms with Gasteiger partial charge >= 0.3 is 0 Å². The quantitative estimate of drug-likeness (QED) is 0.502. The van der Waals surface area contributed by atoms with Crippen LogP contribution in [0.3, 0.4) is 0 Å². The molecule has 0 radical (unpaired) electrons. The number of ether oxygens (including phenoxy) is 1. The first-order valence-electron chi connectivity index (χ1n) is 9.93. The van der Waals surface area contributed by atoms with Crippen LogP contribution in [0, 0.1) is 0 Å². The Hall–Kier alpha value is -3.87. The summed E-state index contributed by atoms with van der Waals surface area (Å²) in [4.78, 5) is 38.4. The third-order valence-corrected chi connectivity index (χ3v) is 4.47. The Morgan fingerprint density at radius 2 is 1.65 bits per heavy atom. The van der Waals surface area contributed by atoms with Gasteiger partial charge in [-0.2, -0.15) is 0 Å². The Morgan fingerprint density at radius 3 is 2.19 bits per heavy atom. The van der Waals surface area contributed by atoms with Gasteiger partial charge in [-0.15, -0.1) is 6.58 Å². The lowest BCUT2D eigenvalue weighted by Crippen LogP contribution is -2.32. The number of anilines is 2. The molecule has 0 spiro atoms. The molecule has 160 valence electrons. The van der Waals surface area contributed by atoms with Crippen LogP contribution in [0.2, 0.25) is 0 Å². The minimum atomic E-state index is -0.423. The van der Waals surface area contributed by atoms with Crippen molar-refractivity contribution in [3.8, 4) is 5.75 Å². The van der Waals surface area contributed by atoms with Gasteiger partial charge in [-0.25, -0.2) is 0 Å². The second-order valence-corrected chi connectivity index (χ2v) is 7.33. The molecule has 0 aromatic heterocycles. The highest BCUT2D eigenvalue weighted by Gasteiger charge is 2.38. The average Bonchev–Trinajstić information content (AvgIpc) is 2.94. The highest BCUT2D eigenvalue weighted by Crippen LogP contribution is 2.31. The molecule has 3 rings (SSSR count). The predicted molar refractivity (Wildman–Crippen MR) is 120 cm³/mol. The van der Waals surface area contributed by atoms with Crippen molar-refractivity contribution in [1.82, 2.24) is 4.90 Å². The zero-order valence-electron chi connectivity index (χ0n) is 17.8. The van der Waals surface area contributed by atoms with Crippen LogP contribution in [0.5, 0.6) is 5.75 Å². The van der Waals surface area contributed by atoms with E-state index in [9.17, 15) is 14.4 Å². The summed E-state index contributed by atoms with van der Waals surface area (Å²) in [5, 5.41) is 5.78. The Morgan fingerprint density at radius 1 is 1.03 bits per heavy atom. The lowest BCUT2D eigenvalue weighted by molar-refractivity contribution is -0.136. The van der Waals surface area contributed by atoms with Gasteiger partial charge in [-0.1, -0.05) is 18.2 Å². The molecule has 0 saturated carbocycles. The summed E-state index contributed by atoms with van der Waals surface area (Å²) in [7, 11) is 0. The summed E-state index contributed by atoms with van der Waals surface area (Å²) in [5.41, 5.74) is 2.29. The van der Waals surface area contributed by atoms with Crippen LogP contribution < -0.4 is 15.4 Å². The van der Waals surface area contributed by atoms with Gasteiger partial charge in [-0.3, -0.25) is 19.3 Å². The summed E-state index contributed by atoms with van der Waals surface area (Å²) in [6.07, 6.45) is 1.56. The minimum Gasteiger partial charge on any atom is -0.491 e. The van der Waals surface area contributed by atoms with E-state index in [1.807, 2.05) is 13.8 Å². The van der Waals surface area contributed by atoms with Gasteiger partial charge in [0.1, 0.15) is 11.4 Å². The highest BCUT2D eigenvalue weighted by molar-refractivity contribution is 6.36. The molecule has 0 unspecified atom stereocenters. The Kier molecular flexibility index (Phi) is 6.55. The predicted octanol–water partition coefficient (Wildman–Crippen LogP) is 3.81. The number of rotatable bonds is 8. The van der Waals surface area contributed by atoms with E-state index >= 15 is 0 Å². The van der Waals surface area contributed by atoms with Gasteiger partial charge in [0.2, 0.25) is 5.91 Å². The SMILES string of the molecule is C=CCN1C(=O)C(Nc2ccc(OC(C)C)cc2)=C(c2ccc(NC(C)=O)cc2)C1=O. The third-order valence-electron chi connectivity index (χ3n) is 4.47. The van der Waals surface area contributed by atoms with Crippen LogP contribution in [0.4, 0.5) is 11.4 Å². The number of nitrogens with one attached hydrogen (secondary N) is 2. The molecule has 2 aromatic rings. The molecule has 0 fully saturated rings. The number of carbonyl (C=O) groups excluding carboxylic acids is 3. The van der Waals surface area contributed by atoms with Crippen molar-refractivity contribution in [2.45, 2.75) is 26.9 Å². The molecule has 1 heterocycles. The van der Waals surface area contributed by atoms with Gasteiger partial charge < -0.3 is 15.4 Å².